The second kappa shape index (κ2) is 7.86. The Morgan fingerprint density at radius 3 is 2.68 bits per heavy atom. The molecular formula is C15H17BrN4O2. The molecule has 6 nitrogen and oxygen atoms in total. The van der Waals surface area contributed by atoms with Gasteiger partial charge in [0.1, 0.15) is 17.3 Å². The predicted molar refractivity (Wildman–Crippen MR) is 88.4 cm³/mol. The molecule has 7 heteroatoms. The van der Waals surface area contributed by atoms with Crippen molar-refractivity contribution in [2.24, 2.45) is 0 Å². The minimum Gasteiger partial charge on any atom is -0.383 e. The molecule has 0 saturated carbocycles. The number of anilines is 2. The van der Waals surface area contributed by atoms with Crippen molar-refractivity contribution in [1.82, 2.24) is 15.3 Å². The number of ether oxygens (including phenoxy) is 1. The Kier molecular flexibility index (Phi) is 5.85. The number of hydrogen-bond donors (Lipinski definition) is 2. The van der Waals surface area contributed by atoms with Gasteiger partial charge in [0.2, 0.25) is 0 Å². The summed E-state index contributed by atoms with van der Waals surface area (Å²) < 4.78 is 5.90. The summed E-state index contributed by atoms with van der Waals surface area (Å²) in [5, 5.41) is 5.90. The number of rotatable bonds is 6. The molecule has 2 aromatic rings. The van der Waals surface area contributed by atoms with Crippen LogP contribution in [0.2, 0.25) is 0 Å². The molecule has 0 saturated heterocycles. The van der Waals surface area contributed by atoms with E-state index in [0.717, 1.165) is 10.2 Å². The van der Waals surface area contributed by atoms with Gasteiger partial charge in [-0.1, -0.05) is 15.9 Å². The van der Waals surface area contributed by atoms with Gasteiger partial charge in [0.25, 0.3) is 5.91 Å². The van der Waals surface area contributed by atoms with E-state index >= 15 is 0 Å². The van der Waals surface area contributed by atoms with Crippen molar-refractivity contribution >= 4 is 33.3 Å². The van der Waals surface area contributed by atoms with Crippen molar-refractivity contribution in [2.45, 2.75) is 6.92 Å². The van der Waals surface area contributed by atoms with Crippen LogP contribution in [0.1, 0.15) is 16.3 Å². The third-order valence-corrected chi connectivity index (χ3v) is 3.31. The molecule has 1 aromatic heterocycles. The van der Waals surface area contributed by atoms with Gasteiger partial charge in [-0.2, -0.15) is 0 Å². The van der Waals surface area contributed by atoms with E-state index in [1.165, 1.54) is 0 Å². The third-order valence-electron chi connectivity index (χ3n) is 2.78. The first-order valence-corrected chi connectivity index (χ1v) is 7.53. The van der Waals surface area contributed by atoms with E-state index in [1.54, 1.807) is 20.1 Å². The molecule has 1 aromatic carbocycles. The predicted octanol–water partition coefficient (Wildman–Crippen LogP) is 2.67. The van der Waals surface area contributed by atoms with Gasteiger partial charge in [0, 0.05) is 29.9 Å². The van der Waals surface area contributed by atoms with Gasteiger partial charge in [-0.3, -0.25) is 4.79 Å². The van der Waals surface area contributed by atoms with E-state index in [1.807, 2.05) is 24.3 Å². The summed E-state index contributed by atoms with van der Waals surface area (Å²) in [4.78, 5) is 20.5. The minimum atomic E-state index is -0.249. The highest BCUT2D eigenvalue weighted by atomic mass is 79.9. The molecular weight excluding hydrogens is 348 g/mol. The molecule has 0 aliphatic rings. The van der Waals surface area contributed by atoms with E-state index in [0.29, 0.717) is 30.5 Å². The number of halogens is 1. The van der Waals surface area contributed by atoms with Crippen LogP contribution in [-0.2, 0) is 4.74 Å². The topological polar surface area (TPSA) is 76.1 Å². The molecule has 2 N–H and O–H groups in total. The van der Waals surface area contributed by atoms with E-state index in [4.69, 9.17) is 4.74 Å². The lowest BCUT2D eigenvalue weighted by atomic mass is 10.3. The van der Waals surface area contributed by atoms with Crippen LogP contribution in [0.15, 0.2) is 34.8 Å². The van der Waals surface area contributed by atoms with Crippen molar-refractivity contribution in [3.8, 4) is 0 Å². The van der Waals surface area contributed by atoms with Gasteiger partial charge in [0.05, 0.1) is 6.61 Å². The van der Waals surface area contributed by atoms with Crippen LogP contribution in [0.3, 0.4) is 0 Å². The number of carbonyl (C=O) groups is 1. The largest absolute Gasteiger partial charge is 0.383 e. The number of methoxy groups -OCH3 is 1. The first-order valence-electron chi connectivity index (χ1n) is 6.74. The molecule has 22 heavy (non-hydrogen) atoms. The Bertz CT molecular complexity index is 646. The lowest BCUT2D eigenvalue weighted by Gasteiger charge is -2.09. The number of hydrogen-bond acceptors (Lipinski definition) is 5. The highest BCUT2D eigenvalue weighted by molar-refractivity contribution is 9.10. The van der Waals surface area contributed by atoms with Gasteiger partial charge in [-0.05, 0) is 31.2 Å². The molecule has 0 radical (unpaired) electrons. The number of nitrogens with one attached hydrogen (secondary N) is 2. The molecule has 1 heterocycles. The second-order valence-corrected chi connectivity index (χ2v) is 5.48. The lowest BCUT2D eigenvalue weighted by Crippen LogP contribution is -2.28. The first-order chi connectivity index (χ1) is 10.6. The summed E-state index contributed by atoms with van der Waals surface area (Å²) in [6.07, 6.45) is 0. The van der Waals surface area contributed by atoms with Gasteiger partial charge in [0.15, 0.2) is 0 Å². The number of benzene rings is 1. The zero-order chi connectivity index (χ0) is 15.9. The molecule has 116 valence electrons. The maximum absolute atomic E-state index is 12.0. The van der Waals surface area contributed by atoms with Crippen LogP contribution in [0.4, 0.5) is 11.5 Å². The van der Waals surface area contributed by atoms with E-state index < -0.39 is 0 Å². The van der Waals surface area contributed by atoms with Crippen LogP contribution in [0, 0.1) is 6.92 Å². The van der Waals surface area contributed by atoms with E-state index in [9.17, 15) is 4.79 Å². The minimum absolute atomic E-state index is 0.249. The zero-order valence-electron chi connectivity index (χ0n) is 12.4. The van der Waals surface area contributed by atoms with Crippen LogP contribution in [-0.4, -0.2) is 36.1 Å². The molecule has 0 aliphatic carbocycles. The fraction of sp³-hybridized carbons (Fsp3) is 0.267. The molecule has 0 aliphatic heterocycles. The van der Waals surface area contributed by atoms with Crippen molar-refractivity contribution in [2.75, 3.05) is 25.6 Å². The normalized spacial score (nSPS) is 10.3. The monoisotopic (exact) mass is 364 g/mol. The standard InChI is InChI=1S/C15H17BrN4O2/c1-10-18-13(15(21)17-7-8-22-2)9-14(19-10)20-12-5-3-11(16)4-6-12/h3-6,9H,7-8H2,1-2H3,(H,17,21)(H,18,19,20). The summed E-state index contributed by atoms with van der Waals surface area (Å²) in [5.74, 6) is 0.854. The molecule has 0 spiro atoms. The van der Waals surface area contributed by atoms with Crippen LogP contribution in [0.25, 0.3) is 0 Å². The maximum Gasteiger partial charge on any atom is 0.270 e. The summed E-state index contributed by atoms with van der Waals surface area (Å²) in [6.45, 7) is 2.65. The lowest BCUT2D eigenvalue weighted by molar-refractivity contribution is 0.0932. The summed E-state index contributed by atoms with van der Waals surface area (Å²) in [7, 11) is 1.58. The Morgan fingerprint density at radius 2 is 2.00 bits per heavy atom. The van der Waals surface area contributed by atoms with Gasteiger partial charge >= 0.3 is 0 Å². The van der Waals surface area contributed by atoms with Crippen molar-refractivity contribution < 1.29 is 9.53 Å². The summed E-state index contributed by atoms with van der Waals surface area (Å²) in [5.41, 5.74) is 1.20. The summed E-state index contributed by atoms with van der Waals surface area (Å²) in [6, 6.07) is 9.31. The second-order valence-electron chi connectivity index (χ2n) is 4.57. The van der Waals surface area contributed by atoms with Gasteiger partial charge < -0.3 is 15.4 Å². The third kappa shape index (κ3) is 4.78. The average Bonchev–Trinajstić information content (AvgIpc) is 2.49. The number of aryl methyl sites for hydroxylation is 1. The number of amides is 1. The van der Waals surface area contributed by atoms with Crippen molar-refractivity contribution in [3.05, 3.63) is 46.3 Å². The molecule has 1 amide bonds. The van der Waals surface area contributed by atoms with Gasteiger partial charge in [-0.15, -0.1) is 0 Å². The van der Waals surface area contributed by atoms with E-state index in [2.05, 4.69) is 36.5 Å². The quantitative estimate of drug-likeness (QED) is 0.770. The Balaban J connectivity index is 2.12. The van der Waals surface area contributed by atoms with Crippen molar-refractivity contribution in [3.63, 3.8) is 0 Å². The van der Waals surface area contributed by atoms with E-state index in [-0.39, 0.29) is 5.91 Å². The highest BCUT2D eigenvalue weighted by Crippen LogP contribution is 2.18. The molecule has 2 rings (SSSR count). The fourth-order valence-electron chi connectivity index (χ4n) is 1.79. The Labute approximate surface area is 137 Å². The zero-order valence-corrected chi connectivity index (χ0v) is 14.0. The highest BCUT2D eigenvalue weighted by Gasteiger charge is 2.10. The maximum atomic E-state index is 12.0. The number of aromatic nitrogens is 2. The summed E-state index contributed by atoms with van der Waals surface area (Å²) >= 11 is 3.39. The molecule has 0 unspecified atom stereocenters. The van der Waals surface area contributed by atoms with Crippen LogP contribution >= 0.6 is 15.9 Å². The first kappa shape index (κ1) is 16.4. The van der Waals surface area contributed by atoms with Crippen molar-refractivity contribution in [1.29, 1.82) is 0 Å². The fourth-order valence-corrected chi connectivity index (χ4v) is 2.05. The molecule has 0 bridgehead atoms. The molecule has 0 atom stereocenters. The molecule has 0 fully saturated rings. The number of carbonyl (C=O) groups excluding carboxylic acids is 1. The average molecular weight is 365 g/mol. The SMILES string of the molecule is COCCNC(=O)c1cc(Nc2ccc(Br)cc2)nc(C)n1. The Hall–Kier alpha value is -1.99. The van der Waals surface area contributed by atoms with Gasteiger partial charge in [-0.25, -0.2) is 9.97 Å². The smallest absolute Gasteiger partial charge is 0.270 e. The van der Waals surface area contributed by atoms with Crippen LogP contribution < -0.4 is 10.6 Å². The Morgan fingerprint density at radius 1 is 1.27 bits per heavy atom. The number of nitrogens with zero attached hydrogens (tertiary/aromatic N) is 2. The van der Waals surface area contributed by atoms with Crippen LogP contribution in [0.5, 0.6) is 0 Å².